The minimum absolute atomic E-state index is 0.845. The highest BCUT2D eigenvalue weighted by molar-refractivity contribution is 4.80. The first-order valence-corrected chi connectivity index (χ1v) is 6.72. The summed E-state index contributed by atoms with van der Waals surface area (Å²) in [6.45, 7) is 9.24. The predicted molar refractivity (Wildman–Crippen MR) is 66.6 cm³/mol. The Morgan fingerprint density at radius 3 is 2.56 bits per heavy atom. The first-order chi connectivity index (χ1) is 7.75. The lowest BCUT2D eigenvalue weighted by Crippen LogP contribution is -2.34. The van der Waals surface area contributed by atoms with Crippen LogP contribution in [0.3, 0.4) is 0 Å². The monoisotopic (exact) mass is 226 g/mol. The van der Waals surface area contributed by atoms with E-state index in [-0.39, 0.29) is 0 Å². The summed E-state index contributed by atoms with van der Waals surface area (Å²) in [6, 6.07) is 0. The van der Waals surface area contributed by atoms with Gasteiger partial charge in [-0.15, -0.1) is 0 Å². The molecule has 0 radical (unpaired) electrons. The van der Waals surface area contributed by atoms with E-state index in [1.165, 1.54) is 39.0 Å². The second kappa shape index (κ2) is 5.99. The molecule has 0 aliphatic carbocycles. The maximum absolute atomic E-state index is 5.40. The Balaban J connectivity index is 1.68. The quantitative estimate of drug-likeness (QED) is 0.779. The van der Waals surface area contributed by atoms with E-state index in [9.17, 15) is 0 Å². The SMILES string of the molecule is C[C@@H]1CNC[C@H]1CN(C)CC1CCOCC1. The molecule has 2 aliphatic heterocycles. The fraction of sp³-hybridized carbons (Fsp3) is 1.00. The molecule has 0 amide bonds. The third-order valence-corrected chi connectivity index (χ3v) is 4.13. The number of hydrogen-bond acceptors (Lipinski definition) is 3. The van der Waals surface area contributed by atoms with Gasteiger partial charge in [-0.05, 0) is 50.7 Å². The van der Waals surface area contributed by atoms with E-state index in [0.29, 0.717) is 0 Å². The minimum Gasteiger partial charge on any atom is -0.381 e. The summed E-state index contributed by atoms with van der Waals surface area (Å²) in [5.74, 6) is 2.56. The van der Waals surface area contributed by atoms with Crippen molar-refractivity contribution in [3.63, 3.8) is 0 Å². The molecule has 0 unspecified atom stereocenters. The molecule has 0 bridgehead atoms. The van der Waals surface area contributed by atoms with E-state index < -0.39 is 0 Å². The molecule has 3 nitrogen and oxygen atoms in total. The standard InChI is InChI=1S/C13H26N2O/c1-11-7-14-8-13(11)10-15(2)9-12-3-5-16-6-4-12/h11-14H,3-10H2,1-2H3/t11-,13+/m1/s1. The summed E-state index contributed by atoms with van der Waals surface area (Å²) in [5.41, 5.74) is 0. The van der Waals surface area contributed by atoms with Crippen LogP contribution in [0.2, 0.25) is 0 Å². The van der Waals surface area contributed by atoms with Crippen LogP contribution >= 0.6 is 0 Å². The van der Waals surface area contributed by atoms with Gasteiger partial charge in [-0.1, -0.05) is 6.92 Å². The van der Waals surface area contributed by atoms with E-state index in [2.05, 4.69) is 24.2 Å². The van der Waals surface area contributed by atoms with Gasteiger partial charge >= 0.3 is 0 Å². The zero-order chi connectivity index (χ0) is 11.4. The molecule has 16 heavy (non-hydrogen) atoms. The maximum atomic E-state index is 5.40. The van der Waals surface area contributed by atoms with Crippen LogP contribution in [0, 0.1) is 17.8 Å². The molecule has 2 atom stereocenters. The fourth-order valence-corrected chi connectivity index (χ4v) is 2.95. The zero-order valence-corrected chi connectivity index (χ0v) is 10.7. The summed E-state index contributed by atoms with van der Waals surface area (Å²) in [7, 11) is 2.28. The van der Waals surface area contributed by atoms with Gasteiger partial charge in [-0.25, -0.2) is 0 Å². The minimum atomic E-state index is 0.845. The van der Waals surface area contributed by atoms with E-state index >= 15 is 0 Å². The number of nitrogens with one attached hydrogen (secondary N) is 1. The molecule has 2 aliphatic rings. The van der Waals surface area contributed by atoms with Gasteiger partial charge in [0.2, 0.25) is 0 Å². The molecule has 2 saturated heterocycles. The molecule has 3 heteroatoms. The summed E-state index contributed by atoms with van der Waals surface area (Å²) < 4.78 is 5.40. The largest absolute Gasteiger partial charge is 0.381 e. The highest BCUT2D eigenvalue weighted by atomic mass is 16.5. The smallest absolute Gasteiger partial charge is 0.0469 e. The van der Waals surface area contributed by atoms with Crippen LogP contribution in [-0.4, -0.2) is 51.3 Å². The highest BCUT2D eigenvalue weighted by Crippen LogP contribution is 2.19. The highest BCUT2D eigenvalue weighted by Gasteiger charge is 2.25. The molecule has 2 fully saturated rings. The Labute approximate surface area is 99.5 Å². The molecule has 0 saturated carbocycles. The molecule has 0 aromatic rings. The van der Waals surface area contributed by atoms with Gasteiger partial charge in [0.25, 0.3) is 0 Å². The Hall–Kier alpha value is -0.120. The normalized spacial score (nSPS) is 32.4. The topological polar surface area (TPSA) is 24.5 Å². The Kier molecular flexibility index (Phi) is 4.62. The van der Waals surface area contributed by atoms with Gasteiger partial charge in [0.1, 0.15) is 0 Å². The molecule has 94 valence electrons. The lowest BCUT2D eigenvalue weighted by molar-refractivity contribution is 0.0537. The average Bonchev–Trinajstić information content (AvgIpc) is 2.66. The van der Waals surface area contributed by atoms with Crippen LogP contribution < -0.4 is 5.32 Å². The second-order valence-electron chi connectivity index (χ2n) is 5.67. The molecule has 1 N–H and O–H groups in total. The van der Waals surface area contributed by atoms with Crippen molar-refractivity contribution in [3.05, 3.63) is 0 Å². The third kappa shape index (κ3) is 3.44. The van der Waals surface area contributed by atoms with Crippen molar-refractivity contribution >= 4 is 0 Å². The van der Waals surface area contributed by atoms with Crippen molar-refractivity contribution in [2.24, 2.45) is 17.8 Å². The maximum Gasteiger partial charge on any atom is 0.0469 e. The van der Waals surface area contributed by atoms with Crippen LogP contribution in [0.25, 0.3) is 0 Å². The number of hydrogen-bond donors (Lipinski definition) is 1. The van der Waals surface area contributed by atoms with Gasteiger partial charge in [-0.2, -0.15) is 0 Å². The van der Waals surface area contributed by atoms with Gasteiger partial charge in [0.15, 0.2) is 0 Å². The van der Waals surface area contributed by atoms with E-state index in [1.54, 1.807) is 0 Å². The first kappa shape index (κ1) is 12.3. The van der Waals surface area contributed by atoms with Crippen molar-refractivity contribution in [1.82, 2.24) is 10.2 Å². The van der Waals surface area contributed by atoms with Gasteiger partial charge in [0, 0.05) is 26.3 Å². The molecular weight excluding hydrogens is 200 g/mol. The summed E-state index contributed by atoms with van der Waals surface area (Å²) in [4.78, 5) is 2.53. The van der Waals surface area contributed by atoms with Crippen LogP contribution in [0.1, 0.15) is 19.8 Å². The Morgan fingerprint density at radius 2 is 1.94 bits per heavy atom. The molecule has 2 heterocycles. The third-order valence-electron chi connectivity index (χ3n) is 4.13. The Morgan fingerprint density at radius 1 is 1.19 bits per heavy atom. The van der Waals surface area contributed by atoms with Crippen molar-refractivity contribution in [3.8, 4) is 0 Å². The first-order valence-electron chi connectivity index (χ1n) is 6.72. The van der Waals surface area contributed by atoms with E-state index in [4.69, 9.17) is 4.74 Å². The van der Waals surface area contributed by atoms with E-state index in [0.717, 1.165) is 31.0 Å². The van der Waals surface area contributed by atoms with Crippen LogP contribution in [0.15, 0.2) is 0 Å². The lowest BCUT2D eigenvalue weighted by atomic mass is 9.96. The molecule has 0 aromatic carbocycles. The number of rotatable bonds is 4. The van der Waals surface area contributed by atoms with Crippen LogP contribution in [0.5, 0.6) is 0 Å². The summed E-state index contributed by atoms with van der Waals surface area (Å²) in [5, 5.41) is 3.48. The number of nitrogens with zero attached hydrogens (tertiary/aromatic N) is 1. The van der Waals surface area contributed by atoms with Gasteiger partial charge < -0.3 is 15.0 Å². The molecule has 2 rings (SSSR count). The van der Waals surface area contributed by atoms with Crippen LogP contribution in [-0.2, 0) is 4.74 Å². The summed E-state index contributed by atoms with van der Waals surface area (Å²) in [6.07, 6.45) is 2.51. The molecule has 0 spiro atoms. The van der Waals surface area contributed by atoms with Crippen molar-refractivity contribution in [2.75, 3.05) is 46.4 Å². The average molecular weight is 226 g/mol. The van der Waals surface area contributed by atoms with Gasteiger partial charge in [-0.3, -0.25) is 0 Å². The fourth-order valence-electron chi connectivity index (χ4n) is 2.95. The zero-order valence-electron chi connectivity index (χ0n) is 10.7. The van der Waals surface area contributed by atoms with Gasteiger partial charge in [0.05, 0.1) is 0 Å². The lowest BCUT2D eigenvalue weighted by Gasteiger charge is -2.29. The van der Waals surface area contributed by atoms with Crippen molar-refractivity contribution < 1.29 is 4.74 Å². The number of ether oxygens (including phenoxy) is 1. The second-order valence-corrected chi connectivity index (χ2v) is 5.67. The summed E-state index contributed by atoms with van der Waals surface area (Å²) >= 11 is 0. The molecule has 0 aromatic heterocycles. The van der Waals surface area contributed by atoms with Crippen molar-refractivity contribution in [2.45, 2.75) is 19.8 Å². The van der Waals surface area contributed by atoms with E-state index in [1.807, 2.05) is 0 Å². The Bertz CT molecular complexity index is 204. The predicted octanol–water partition coefficient (Wildman–Crippen LogP) is 1.20. The van der Waals surface area contributed by atoms with Crippen molar-refractivity contribution in [1.29, 1.82) is 0 Å². The molecular formula is C13H26N2O. The van der Waals surface area contributed by atoms with Crippen LogP contribution in [0.4, 0.5) is 0 Å².